The summed E-state index contributed by atoms with van der Waals surface area (Å²) in [4.78, 5) is 23.9. The lowest BCUT2D eigenvalue weighted by atomic mass is 9.95. The average molecular weight is 288 g/mol. The second-order valence-electron chi connectivity index (χ2n) is 4.95. The van der Waals surface area contributed by atoms with Gasteiger partial charge in [-0.05, 0) is 25.0 Å². The minimum Gasteiger partial charge on any atom is -0.371 e. The topological polar surface area (TPSA) is 99.3 Å². The summed E-state index contributed by atoms with van der Waals surface area (Å²) in [5, 5.41) is 22.5. The summed E-state index contributed by atoms with van der Waals surface area (Å²) < 4.78 is 0. The molecule has 1 saturated heterocycles. The molecule has 0 aromatic heterocycles. The fourth-order valence-electron chi connectivity index (χ4n) is 2.57. The van der Waals surface area contributed by atoms with Gasteiger partial charge < -0.3 is 10.2 Å². The van der Waals surface area contributed by atoms with Crippen molar-refractivity contribution in [1.82, 2.24) is 5.32 Å². The molecule has 7 heteroatoms. The number of carbonyl (C=O) groups is 1. The van der Waals surface area contributed by atoms with Crippen LogP contribution in [0.3, 0.4) is 0 Å². The van der Waals surface area contributed by atoms with Crippen LogP contribution in [0.25, 0.3) is 0 Å². The SMILES string of the molecule is CNC(=O)C1CCN(c2ccc([N+](=O)[O-])c(C#N)c2)CC1. The van der Waals surface area contributed by atoms with Gasteiger partial charge in [-0.3, -0.25) is 14.9 Å². The molecule has 1 aromatic rings. The van der Waals surface area contributed by atoms with Gasteiger partial charge in [0.1, 0.15) is 11.6 Å². The largest absolute Gasteiger partial charge is 0.371 e. The zero-order chi connectivity index (χ0) is 15.4. The van der Waals surface area contributed by atoms with E-state index in [2.05, 4.69) is 5.32 Å². The third-order valence-corrected chi connectivity index (χ3v) is 3.77. The first-order chi connectivity index (χ1) is 10.1. The fraction of sp³-hybridized carbons (Fsp3) is 0.429. The third kappa shape index (κ3) is 3.11. The Bertz CT molecular complexity index is 601. The Morgan fingerprint density at radius 1 is 1.48 bits per heavy atom. The van der Waals surface area contributed by atoms with E-state index in [1.807, 2.05) is 11.0 Å². The van der Waals surface area contributed by atoms with Crippen LogP contribution >= 0.6 is 0 Å². The molecule has 1 aliphatic rings. The molecule has 1 N–H and O–H groups in total. The van der Waals surface area contributed by atoms with Gasteiger partial charge in [0.15, 0.2) is 0 Å². The summed E-state index contributed by atoms with van der Waals surface area (Å²) in [6.07, 6.45) is 1.47. The minimum atomic E-state index is -0.555. The molecule has 0 unspecified atom stereocenters. The summed E-state index contributed by atoms with van der Waals surface area (Å²) in [6.45, 7) is 1.39. The van der Waals surface area contributed by atoms with Gasteiger partial charge in [0.2, 0.25) is 5.91 Å². The van der Waals surface area contributed by atoms with Gasteiger partial charge in [0.25, 0.3) is 5.69 Å². The molecule has 7 nitrogen and oxygen atoms in total. The molecule has 0 saturated carbocycles. The molecular formula is C14H16N4O3. The molecule has 1 fully saturated rings. The quantitative estimate of drug-likeness (QED) is 0.670. The molecular weight excluding hydrogens is 272 g/mol. The first kappa shape index (κ1) is 14.8. The number of nitro benzene ring substituents is 1. The molecule has 0 radical (unpaired) electrons. The highest BCUT2D eigenvalue weighted by atomic mass is 16.6. The number of carbonyl (C=O) groups excluding carboxylic acids is 1. The summed E-state index contributed by atoms with van der Waals surface area (Å²) in [5.74, 6) is 0.0656. The lowest BCUT2D eigenvalue weighted by molar-refractivity contribution is -0.385. The number of anilines is 1. The molecule has 1 amide bonds. The Hall–Kier alpha value is -2.62. The van der Waals surface area contributed by atoms with Gasteiger partial charge in [0, 0.05) is 37.8 Å². The van der Waals surface area contributed by atoms with Gasteiger partial charge in [-0.2, -0.15) is 5.26 Å². The Labute approximate surface area is 122 Å². The van der Waals surface area contributed by atoms with Crippen molar-refractivity contribution in [2.24, 2.45) is 5.92 Å². The number of rotatable bonds is 3. The molecule has 0 atom stereocenters. The van der Waals surface area contributed by atoms with Crippen LogP contribution in [0.15, 0.2) is 18.2 Å². The Kier molecular flexibility index (Phi) is 4.38. The van der Waals surface area contributed by atoms with Crippen molar-refractivity contribution < 1.29 is 9.72 Å². The van der Waals surface area contributed by atoms with Gasteiger partial charge in [-0.1, -0.05) is 0 Å². The summed E-state index contributed by atoms with van der Waals surface area (Å²) in [7, 11) is 1.63. The van der Waals surface area contributed by atoms with Crippen LogP contribution in [-0.2, 0) is 4.79 Å². The second-order valence-corrected chi connectivity index (χ2v) is 4.95. The molecule has 1 aliphatic heterocycles. The van der Waals surface area contributed by atoms with E-state index in [0.717, 1.165) is 18.5 Å². The minimum absolute atomic E-state index is 0.0136. The van der Waals surface area contributed by atoms with Crippen LogP contribution in [0.1, 0.15) is 18.4 Å². The third-order valence-electron chi connectivity index (χ3n) is 3.77. The Morgan fingerprint density at radius 3 is 2.67 bits per heavy atom. The number of benzene rings is 1. The fourth-order valence-corrected chi connectivity index (χ4v) is 2.57. The number of amides is 1. The Morgan fingerprint density at radius 2 is 2.14 bits per heavy atom. The van der Waals surface area contributed by atoms with Crippen LogP contribution in [0.4, 0.5) is 11.4 Å². The number of nitrogens with one attached hydrogen (secondary N) is 1. The number of hydrogen-bond acceptors (Lipinski definition) is 5. The van der Waals surface area contributed by atoms with Crippen molar-refractivity contribution in [2.45, 2.75) is 12.8 Å². The van der Waals surface area contributed by atoms with Crippen LogP contribution in [0.2, 0.25) is 0 Å². The van der Waals surface area contributed by atoms with E-state index in [0.29, 0.717) is 13.1 Å². The number of nitriles is 1. The van der Waals surface area contributed by atoms with E-state index in [1.165, 1.54) is 6.07 Å². The standard InChI is InChI=1S/C14H16N4O3/c1-16-14(19)10-4-6-17(7-5-10)12-2-3-13(18(20)21)11(8-12)9-15/h2-3,8,10H,4-7H2,1H3,(H,16,19). The van der Waals surface area contributed by atoms with Crippen molar-refractivity contribution in [3.63, 3.8) is 0 Å². The second kappa shape index (κ2) is 6.22. The van der Waals surface area contributed by atoms with Crippen LogP contribution in [0, 0.1) is 27.4 Å². The molecule has 0 aliphatic carbocycles. The predicted molar refractivity (Wildman–Crippen MR) is 76.8 cm³/mol. The molecule has 2 rings (SSSR count). The van der Waals surface area contributed by atoms with Gasteiger partial charge in [-0.15, -0.1) is 0 Å². The maximum absolute atomic E-state index is 11.6. The number of nitrogens with zero attached hydrogens (tertiary/aromatic N) is 3. The zero-order valence-electron chi connectivity index (χ0n) is 11.7. The van der Waals surface area contributed by atoms with Crippen molar-refractivity contribution in [1.29, 1.82) is 5.26 Å². The van der Waals surface area contributed by atoms with Crippen molar-refractivity contribution in [3.8, 4) is 6.07 Å². The highest BCUT2D eigenvalue weighted by molar-refractivity contribution is 5.78. The molecule has 1 aromatic carbocycles. The van der Waals surface area contributed by atoms with E-state index < -0.39 is 4.92 Å². The van der Waals surface area contributed by atoms with E-state index in [1.54, 1.807) is 19.2 Å². The van der Waals surface area contributed by atoms with Crippen molar-refractivity contribution in [2.75, 3.05) is 25.0 Å². The smallest absolute Gasteiger partial charge is 0.287 e. The highest BCUT2D eigenvalue weighted by Gasteiger charge is 2.25. The maximum atomic E-state index is 11.6. The molecule has 0 bridgehead atoms. The molecule has 0 spiro atoms. The normalized spacial score (nSPS) is 15.3. The van der Waals surface area contributed by atoms with Gasteiger partial charge in [-0.25, -0.2) is 0 Å². The van der Waals surface area contributed by atoms with Crippen LogP contribution in [0.5, 0.6) is 0 Å². The van der Waals surface area contributed by atoms with E-state index in [-0.39, 0.29) is 23.1 Å². The molecule has 110 valence electrons. The van der Waals surface area contributed by atoms with Crippen LogP contribution < -0.4 is 10.2 Å². The molecule has 1 heterocycles. The number of hydrogen-bond donors (Lipinski definition) is 1. The van der Waals surface area contributed by atoms with Gasteiger partial charge >= 0.3 is 0 Å². The highest BCUT2D eigenvalue weighted by Crippen LogP contribution is 2.28. The maximum Gasteiger partial charge on any atom is 0.287 e. The zero-order valence-corrected chi connectivity index (χ0v) is 11.7. The Balaban J connectivity index is 2.12. The number of nitro groups is 1. The monoisotopic (exact) mass is 288 g/mol. The average Bonchev–Trinajstić information content (AvgIpc) is 2.53. The van der Waals surface area contributed by atoms with Gasteiger partial charge in [0.05, 0.1) is 4.92 Å². The van der Waals surface area contributed by atoms with Crippen molar-refractivity contribution >= 4 is 17.3 Å². The lowest BCUT2D eigenvalue weighted by Crippen LogP contribution is -2.39. The van der Waals surface area contributed by atoms with E-state index >= 15 is 0 Å². The lowest BCUT2D eigenvalue weighted by Gasteiger charge is -2.32. The predicted octanol–water partition coefficient (Wildman–Crippen LogP) is 1.43. The summed E-state index contributed by atoms with van der Waals surface area (Å²) >= 11 is 0. The van der Waals surface area contributed by atoms with Crippen LogP contribution in [-0.4, -0.2) is 31.0 Å². The summed E-state index contributed by atoms with van der Waals surface area (Å²) in [5.41, 5.74) is 0.667. The van der Waals surface area contributed by atoms with E-state index in [4.69, 9.17) is 5.26 Å². The van der Waals surface area contributed by atoms with Crippen molar-refractivity contribution in [3.05, 3.63) is 33.9 Å². The molecule has 21 heavy (non-hydrogen) atoms. The first-order valence-electron chi connectivity index (χ1n) is 6.72. The van der Waals surface area contributed by atoms with E-state index in [9.17, 15) is 14.9 Å². The first-order valence-corrected chi connectivity index (χ1v) is 6.72. The number of piperidine rings is 1. The summed E-state index contributed by atoms with van der Waals surface area (Å²) in [6, 6.07) is 6.41.